The van der Waals surface area contributed by atoms with Gasteiger partial charge in [0.25, 0.3) is 0 Å². The summed E-state index contributed by atoms with van der Waals surface area (Å²) in [6, 6.07) is 0. The van der Waals surface area contributed by atoms with Crippen molar-refractivity contribution in [1.29, 1.82) is 0 Å². The molecule has 2 rings (SSSR count). The minimum absolute atomic E-state index is 0.900. The van der Waals surface area contributed by atoms with Crippen LogP contribution in [0, 0.1) is 6.92 Å². The number of aromatic amines is 1. The minimum atomic E-state index is 0.900. The van der Waals surface area contributed by atoms with Crippen molar-refractivity contribution in [3.63, 3.8) is 0 Å². The fourth-order valence-electron chi connectivity index (χ4n) is 1.08. The van der Waals surface area contributed by atoms with E-state index in [9.17, 15) is 0 Å². The van der Waals surface area contributed by atoms with Gasteiger partial charge in [0.05, 0.1) is 6.20 Å². The number of hydrogen-bond donors (Lipinski definition) is 1. The lowest BCUT2D eigenvalue weighted by atomic mass is 10.3. The van der Waals surface area contributed by atoms with Crippen molar-refractivity contribution in [2.75, 3.05) is 0 Å². The normalized spacial score (nSPS) is 10.7. The molecular weight excluding hydrogens is 206 g/mol. The number of H-pyrrole nitrogens is 1. The van der Waals surface area contributed by atoms with Crippen LogP contribution in [0.2, 0.25) is 0 Å². The molecule has 2 heterocycles. The fraction of sp³-hybridized carbons (Fsp3) is 0.143. The fourth-order valence-corrected chi connectivity index (χ4v) is 1.70. The van der Waals surface area contributed by atoms with Gasteiger partial charge in [0.1, 0.15) is 5.52 Å². The predicted octanol–water partition coefficient (Wildman–Crippen LogP) is 2.03. The lowest BCUT2D eigenvalue weighted by molar-refractivity contribution is 1.07. The Balaban J connectivity index is 2.96. The zero-order valence-electron chi connectivity index (χ0n) is 5.93. The van der Waals surface area contributed by atoms with Crippen LogP contribution in [0.4, 0.5) is 0 Å². The first-order valence-electron chi connectivity index (χ1n) is 3.23. The molecule has 0 saturated carbocycles. The molecule has 0 aliphatic heterocycles. The highest BCUT2D eigenvalue weighted by Crippen LogP contribution is 2.22. The van der Waals surface area contributed by atoms with Crippen molar-refractivity contribution in [3.05, 3.63) is 22.6 Å². The highest BCUT2D eigenvalue weighted by atomic mass is 79.9. The molecule has 0 amide bonds. The number of aromatic nitrogens is 3. The molecule has 2 aromatic rings. The molecule has 3 nitrogen and oxygen atoms in total. The van der Waals surface area contributed by atoms with Crippen LogP contribution in [0.25, 0.3) is 10.9 Å². The van der Waals surface area contributed by atoms with E-state index in [2.05, 4.69) is 31.1 Å². The van der Waals surface area contributed by atoms with Gasteiger partial charge in [-0.25, -0.2) is 0 Å². The molecule has 1 N–H and O–H groups in total. The van der Waals surface area contributed by atoms with E-state index in [1.807, 2.05) is 6.92 Å². The van der Waals surface area contributed by atoms with E-state index in [1.165, 1.54) is 0 Å². The van der Waals surface area contributed by atoms with Gasteiger partial charge >= 0.3 is 0 Å². The molecule has 56 valence electrons. The first-order chi connectivity index (χ1) is 5.29. The molecule has 2 aromatic heterocycles. The van der Waals surface area contributed by atoms with Crippen molar-refractivity contribution < 1.29 is 0 Å². The number of nitrogens with one attached hydrogen (secondary N) is 1. The second-order valence-electron chi connectivity index (χ2n) is 2.36. The highest BCUT2D eigenvalue weighted by Gasteiger charge is 2.03. The third-order valence-electron chi connectivity index (χ3n) is 1.60. The standard InChI is InChI=1S/C7H6BrN3/c1-4-7-5(8)2-9-3-6(7)11-10-4/h2-3H,1H3,(H,10,11). The van der Waals surface area contributed by atoms with Crippen molar-refractivity contribution in [2.45, 2.75) is 6.92 Å². The van der Waals surface area contributed by atoms with E-state index in [0.717, 1.165) is 21.1 Å². The summed E-state index contributed by atoms with van der Waals surface area (Å²) < 4.78 is 0.987. The molecule has 0 radical (unpaired) electrons. The van der Waals surface area contributed by atoms with Gasteiger partial charge in [-0.15, -0.1) is 0 Å². The zero-order chi connectivity index (χ0) is 7.84. The van der Waals surface area contributed by atoms with E-state index >= 15 is 0 Å². The molecule has 0 saturated heterocycles. The lowest BCUT2D eigenvalue weighted by Crippen LogP contribution is -1.74. The molecule has 11 heavy (non-hydrogen) atoms. The SMILES string of the molecule is Cc1[nH]nc2cncc(Br)c12. The third-order valence-corrected chi connectivity index (χ3v) is 2.20. The highest BCUT2D eigenvalue weighted by molar-refractivity contribution is 9.10. The number of rotatable bonds is 0. The second kappa shape index (κ2) is 2.30. The summed E-state index contributed by atoms with van der Waals surface area (Å²) in [7, 11) is 0. The summed E-state index contributed by atoms with van der Waals surface area (Å²) in [5.74, 6) is 0. The third kappa shape index (κ3) is 0.939. The summed E-state index contributed by atoms with van der Waals surface area (Å²) in [6.07, 6.45) is 3.51. The van der Waals surface area contributed by atoms with Crippen LogP contribution in [0.5, 0.6) is 0 Å². The predicted molar refractivity (Wildman–Crippen MR) is 46.3 cm³/mol. The van der Waals surface area contributed by atoms with Crippen LogP contribution in [-0.4, -0.2) is 15.2 Å². The average molecular weight is 212 g/mol. The maximum atomic E-state index is 4.06. The van der Waals surface area contributed by atoms with Crippen LogP contribution in [0.15, 0.2) is 16.9 Å². The number of fused-ring (bicyclic) bond motifs is 1. The largest absolute Gasteiger partial charge is 0.282 e. The number of nitrogens with zero attached hydrogens (tertiary/aromatic N) is 2. The quantitative estimate of drug-likeness (QED) is 0.725. The van der Waals surface area contributed by atoms with Crippen molar-refractivity contribution in [1.82, 2.24) is 15.2 Å². The molecule has 0 spiro atoms. The summed E-state index contributed by atoms with van der Waals surface area (Å²) in [5.41, 5.74) is 1.96. The Morgan fingerprint density at radius 3 is 3.00 bits per heavy atom. The van der Waals surface area contributed by atoms with Gasteiger partial charge in [0, 0.05) is 21.7 Å². The van der Waals surface area contributed by atoms with Crippen LogP contribution in [0.1, 0.15) is 5.69 Å². The van der Waals surface area contributed by atoms with Gasteiger partial charge in [-0.1, -0.05) is 0 Å². The molecule has 0 atom stereocenters. The maximum absolute atomic E-state index is 4.06. The van der Waals surface area contributed by atoms with Gasteiger partial charge in [0.15, 0.2) is 0 Å². The van der Waals surface area contributed by atoms with Gasteiger partial charge in [-0.05, 0) is 22.9 Å². The Bertz CT molecular complexity index is 393. The Morgan fingerprint density at radius 2 is 2.27 bits per heavy atom. The second-order valence-corrected chi connectivity index (χ2v) is 3.22. The van der Waals surface area contributed by atoms with Crippen molar-refractivity contribution in [3.8, 4) is 0 Å². The van der Waals surface area contributed by atoms with E-state index < -0.39 is 0 Å². The summed E-state index contributed by atoms with van der Waals surface area (Å²) in [4.78, 5) is 4.00. The van der Waals surface area contributed by atoms with Crippen molar-refractivity contribution >= 4 is 26.8 Å². The average Bonchev–Trinajstić information content (AvgIpc) is 2.34. The molecule has 0 aromatic carbocycles. The molecule has 0 unspecified atom stereocenters. The van der Waals surface area contributed by atoms with Gasteiger partial charge < -0.3 is 0 Å². The summed E-state index contributed by atoms with van der Waals surface area (Å²) >= 11 is 3.40. The number of hydrogen-bond acceptors (Lipinski definition) is 2. The molecule has 0 fully saturated rings. The number of aryl methyl sites for hydroxylation is 1. The van der Waals surface area contributed by atoms with E-state index in [-0.39, 0.29) is 0 Å². The smallest absolute Gasteiger partial charge is 0.112 e. The van der Waals surface area contributed by atoms with Crippen LogP contribution < -0.4 is 0 Å². The number of pyridine rings is 1. The summed E-state index contributed by atoms with van der Waals surface area (Å²) in [6.45, 7) is 1.99. The van der Waals surface area contributed by atoms with E-state index in [1.54, 1.807) is 12.4 Å². The van der Waals surface area contributed by atoms with Gasteiger partial charge in [0.2, 0.25) is 0 Å². The maximum Gasteiger partial charge on any atom is 0.112 e. The van der Waals surface area contributed by atoms with Crippen LogP contribution in [0.3, 0.4) is 0 Å². The molecule has 0 bridgehead atoms. The monoisotopic (exact) mass is 211 g/mol. The zero-order valence-corrected chi connectivity index (χ0v) is 7.51. The van der Waals surface area contributed by atoms with Crippen LogP contribution >= 0.6 is 15.9 Å². The first-order valence-corrected chi connectivity index (χ1v) is 4.02. The van der Waals surface area contributed by atoms with Gasteiger partial charge in [-0.2, -0.15) is 5.10 Å². The first kappa shape index (κ1) is 6.79. The Hall–Kier alpha value is -0.900. The molecule has 0 aliphatic rings. The topological polar surface area (TPSA) is 41.6 Å². The van der Waals surface area contributed by atoms with Crippen LogP contribution in [-0.2, 0) is 0 Å². The van der Waals surface area contributed by atoms with Crippen molar-refractivity contribution in [2.24, 2.45) is 0 Å². The Labute approximate surface area is 72.0 Å². The summed E-state index contributed by atoms with van der Waals surface area (Å²) in [5, 5.41) is 8.07. The van der Waals surface area contributed by atoms with E-state index in [4.69, 9.17) is 0 Å². The Morgan fingerprint density at radius 1 is 1.45 bits per heavy atom. The minimum Gasteiger partial charge on any atom is -0.282 e. The molecule has 0 aliphatic carbocycles. The molecular formula is C7H6BrN3. The number of halogens is 1. The Kier molecular flexibility index (Phi) is 1.42. The van der Waals surface area contributed by atoms with E-state index in [0.29, 0.717) is 0 Å². The van der Waals surface area contributed by atoms with Gasteiger partial charge in [-0.3, -0.25) is 10.1 Å². The lowest BCUT2D eigenvalue weighted by Gasteiger charge is -1.90. The molecule has 4 heteroatoms.